The van der Waals surface area contributed by atoms with Crippen molar-refractivity contribution < 1.29 is 13.2 Å². The van der Waals surface area contributed by atoms with E-state index in [1.165, 1.54) is 0 Å². The minimum atomic E-state index is -3.03. The van der Waals surface area contributed by atoms with Gasteiger partial charge in [0.1, 0.15) is 0 Å². The summed E-state index contributed by atoms with van der Waals surface area (Å²) in [6.07, 6.45) is 0.420. The first kappa shape index (κ1) is 19.0. The highest BCUT2D eigenvalue weighted by molar-refractivity contribution is 7.99. The van der Waals surface area contributed by atoms with Crippen LogP contribution >= 0.6 is 24.2 Å². The number of carbonyl (C=O) groups excluding carboxylic acids is 1. The molecule has 114 valence electrons. The molecule has 0 aromatic carbocycles. The molecule has 19 heavy (non-hydrogen) atoms. The van der Waals surface area contributed by atoms with Gasteiger partial charge >= 0.3 is 0 Å². The highest BCUT2D eigenvalue weighted by atomic mass is 35.5. The molecule has 1 saturated heterocycles. The Morgan fingerprint density at radius 1 is 1.53 bits per heavy atom. The molecule has 0 aromatic rings. The Balaban J connectivity index is 0.00000324. The van der Waals surface area contributed by atoms with E-state index in [2.05, 4.69) is 10.6 Å². The maximum atomic E-state index is 11.7. The molecule has 0 radical (unpaired) electrons. The first-order chi connectivity index (χ1) is 8.43. The molecule has 2 N–H and O–H groups in total. The molecule has 2 atom stereocenters. The average molecular weight is 331 g/mol. The topological polar surface area (TPSA) is 75.3 Å². The van der Waals surface area contributed by atoms with E-state index >= 15 is 0 Å². The second-order valence-corrected chi connectivity index (χ2v) is 8.15. The smallest absolute Gasteiger partial charge is 0.221 e. The van der Waals surface area contributed by atoms with Crippen LogP contribution < -0.4 is 10.6 Å². The number of amides is 1. The molecule has 0 aliphatic carbocycles. The summed E-state index contributed by atoms with van der Waals surface area (Å²) in [4.78, 5) is 11.7. The number of rotatable bonds is 6. The molecule has 1 aliphatic heterocycles. The number of hydrogen-bond donors (Lipinski definition) is 2. The van der Waals surface area contributed by atoms with Gasteiger partial charge in [0.05, 0.1) is 5.75 Å². The largest absolute Gasteiger partial charge is 0.353 e. The molecule has 0 saturated carbocycles. The van der Waals surface area contributed by atoms with Crippen LogP contribution in [0.3, 0.4) is 0 Å². The van der Waals surface area contributed by atoms with E-state index in [1.54, 1.807) is 13.8 Å². The fourth-order valence-electron chi connectivity index (χ4n) is 1.85. The van der Waals surface area contributed by atoms with Crippen LogP contribution in [0.25, 0.3) is 0 Å². The summed E-state index contributed by atoms with van der Waals surface area (Å²) in [6.45, 7) is 4.28. The second kappa shape index (κ2) is 9.05. The first-order valence-electron chi connectivity index (χ1n) is 6.24. The lowest BCUT2D eigenvalue weighted by molar-refractivity contribution is -0.121. The zero-order valence-electron chi connectivity index (χ0n) is 11.3. The van der Waals surface area contributed by atoms with Crippen LogP contribution in [0.15, 0.2) is 0 Å². The molecular weight excluding hydrogens is 308 g/mol. The second-order valence-electron chi connectivity index (χ2n) is 4.60. The summed E-state index contributed by atoms with van der Waals surface area (Å²) in [6, 6.07) is -0.113. The van der Waals surface area contributed by atoms with Gasteiger partial charge in [-0.05, 0) is 6.92 Å². The minimum Gasteiger partial charge on any atom is -0.353 e. The summed E-state index contributed by atoms with van der Waals surface area (Å²) in [5.41, 5.74) is 0. The average Bonchev–Trinajstić information content (AvgIpc) is 2.29. The van der Waals surface area contributed by atoms with Gasteiger partial charge in [-0.2, -0.15) is 11.8 Å². The van der Waals surface area contributed by atoms with Crippen molar-refractivity contribution in [3.05, 3.63) is 0 Å². The number of carbonyl (C=O) groups is 1. The normalized spacial score (nSPS) is 21.3. The number of hydrogen-bond acceptors (Lipinski definition) is 5. The van der Waals surface area contributed by atoms with Gasteiger partial charge in [0.15, 0.2) is 9.84 Å². The van der Waals surface area contributed by atoms with Crippen molar-refractivity contribution in [3.8, 4) is 0 Å². The van der Waals surface area contributed by atoms with Gasteiger partial charge in [0.2, 0.25) is 5.91 Å². The standard InChI is InChI=1S/C11H22N2O3S2.ClH/c1-3-18(15,16)8-9(2)13-11(14)6-10-7-17-5-4-12-10;/h9-10,12H,3-8H2,1-2H3,(H,13,14);1H. The summed E-state index contributed by atoms with van der Waals surface area (Å²) in [7, 11) is -3.03. The lowest BCUT2D eigenvalue weighted by atomic mass is 10.2. The molecule has 0 aromatic heterocycles. The van der Waals surface area contributed by atoms with E-state index in [0.717, 1.165) is 18.1 Å². The van der Waals surface area contributed by atoms with E-state index < -0.39 is 9.84 Å². The Hall–Kier alpha value is 0.0200. The molecule has 0 spiro atoms. The number of thioether (sulfide) groups is 1. The van der Waals surface area contributed by atoms with Gasteiger partial charge < -0.3 is 10.6 Å². The third kappa shape index (κ3) is 8.02. The van der Waals surface area contributed by atoms with Crippen LogP contribution in [0, 0.1) is 0 Å². The molecule has 1 heterocycles. The quantitative estimate of drug-likeness (QED) is 0.739. The van der Waals surface area contributed by atoms with Crippen molar-refractivity contribution in [2.45, 2.75) is 32.4 Å². The number of halogens is 1. The van der Waals surface area contributed by atoms with Crippen molar-refractivity contribution in [3.63, 3.8) is 0 Å². The molecule has 8 heteroatoms. The molecule has 1 fully saturated rings. The lowest BCUT2D eigenvalue weighted by Gasteiger charge is -2.23. The summed E-state index contributed by atoms with van der Waals surface area (Å²) in [5.74, 6) is 2.09. The Bertz CT molecular complexity index is 370. The number of nitrogens with one attached hydrogen (secondary N) is 2. The van der Waals surface area contributed by atoms with Gasteiger partial charge in [-0.1, -0.05) is 6.92 Å². The highest BCUT2D eigenvalue weighted by Gasteiger charge is 2.19. The summed E-state index contributed by atoms with van der Waals surface area (Å²) >= 11 is 1.84. The van der Waals surface area contributed by atoms with Crippen LogP contribution in [0.2, 0.25) is 0 Å². The van der Waals surface area contributed by atoms with Gasteiger partial charge in [-0.15, -0.1) is 12.4 Å². The Morgan fingerprint density at radius 2 is 2.21 bits per heavy atom. The predicted octanol–water partition coefficient (Wildman–Crippen LogP) is 0.443. The Kier molecular flexibility index (Phi) is 9.06. The third-order valence-corrected chi connectivity index (χ3v) is 5.80. The van der Waals surface area contributed by atoms with E-state index in [9.17, 15) is 13.2 Å². The maximum Gasteiger partial charge on any atom is 0.221 e. The molecular formula is C11H23ClN2O3S2. The van der Waals surface area contributed by atoms with Gasteiger partial charge in [-0.3, -0.25) is 4.79 Å². The molecule has 1 amide bonds. The monoisotopic (exact) mass is 330 g/mol. The van der Waals surface area contributed by atoms with E-state index in [0.29, 0.717) is 6.42 Å². The predicted molar refractivity (Wildman–Crippen MR) is 82.9 cm³/mol. The SMILES string of the molecule is CCS(=O)(=O)CC(C)NC(=O)CC1CSCCN1.Cl. The summed E-state index contributed by atoms with van der Waals surface area (Å²) in [5, 5.41) is 6.03. The fourth-order valence-corrected chi connectivity index (χ4v) is 3.88. The van der Waals surface area contributed by atoms with Crippen LogP contribution in [0.4, 0.5) is 0 Å². The highest BCUT2D eigenvalue weighted by Crippen LogP contribution is 2.10. The van der Waals surface area contributed by atoms with Crippen LogP contribution in [-0.4, -0.2) is 56.0 Å². The van der Waals surface area contributed by atoms with Crippen molar-refractivity contribution >= 4 is 39.9 Å². The molecule has 5 nitrogen and oxygen atoms in total. The fraction of sp³-hybridized carbons (Fsp3) is 0.909. The molecule has 1 rings (SSSR count). The molecule has 1 aliphatic rings. The van der Waals surface area contributed by atoms with Gasteiger partial charge in [0, 0.05) is 42.3 Å². The van der Waals surface area contributed by atoms with Crippen molar-refractivity contribution in [2.75, 3.05) is 29.6 Å². The molecule has 2 unspecified atom stereocenters. The van der Waals surface area contributed by atoms with E-state index in [4.69, 9.17) is 0 Å². The summed E-state index contributed by atoms with van der Waals surface area (Å²) < 4.78 is 22.8. The zero-order chi connectivity index (χ0) is 13.6. The van der Waals surface area contributed by atoms with E-state index in [1.807, 2.05) is 11.8 Å². The minimum absolute atomic E-state index is 0. The van der Waals surface area contributed by atoms with Crippen molar-refractivity contribution in [2.24, 2.45) is 0 Å². The van der Waals surface area contributed by atoms with Crippen LogP contribution in [0.5, 0.6) is 0 Å². The maximum absolute atomic E-state index is 11.7. The first-order valence-corrected chi connectivity index (χ1v) is 9.21. The third-order valence-electron chi connectivity index (χ3n) is 2.78. The Labute approximate surface area is 126 Å². The van der Waals surface area contributed by atoms with Gasteiger partial charge in [0.25, 0.3) is 0 Å². The van der Waals surface area contributed by atoms with Gasteiger partial charge in [-0.25, -0.2) is 8.42 Å². The Morgan fingerprint density at radius 3 is 2.74 bits per heavy atom. The van der Waals surface area contributed by atoms with E-state index in [-0.39, 0.29) is 41.9 Å². The van der Waals surface area contributed by atoms with Crippen molar-refractivity contribution in [1.29, 1.82) is 0 Å². The zero-order valence-corrected chi connectivity index (χ0v) is 13.8. The molecule has 0 bridgehead atoms. The van der Waals surface area contributed by atoms with Crippen LogP contribution in [0.1, 0.15) is 20.3 Å². The number of sulfone groups is 1. The van der Waals surface area contributed by atoms with Crippen LogP contribution in [-0.2, 0) is 14.6 Å². The van der Waals surface area contributed by atoms with Crippen molar-refractivity contribution in [1.82, 2.24) is 10.6 Å². The lowest BCUT2D eigenvalue weighted by Crippen LogP contribution is -2.44.